The van der Waals surface area contributed by atoms with E-state index in [1.165, 1.54) is 0 Å². The number of aromatic nitrogens is 2. The van der Waals surface area contributed by atoms with Gasteiger partial charge in [-0.25, -0.2) is 0 Å². The predicted molar refractivity (Wildman–Crippen MR) is 133 cm³/mol. The van der Waals surface area contributed by atoms with Gasteiger partial charge in [-0.1, -0.05) is 23.7 Å². The number of halogens is 1. The van der Waals surface area contributed by atoms with Crippen LogP contribution in [-0.4, -0.2) is 27.6 Å². The number of hydrogen-bond acceptors (Lipinski definition) is 5. The van der Waals surface area contributed by atoms with Gasteiger partial charge in [-0.15, -0.1) is 0 Å². The van der Waals surface area contributed by atoms with Crippen molar-refractivity contribution in [2.45, 2.75) is 18.9 Å². The highest BCUT2D eigenvalue weighted by atomic mass is 35.5. The van der Waals surface area contributed by atoms with Crippen LogP contribution < -0.4 is 5.32 Å². The number of aliphatic imine (C=N–C) groups is 2. The van der Waals surface area contributed by atoms with Crippen molar-refractivity contribution in [3.05, 3.63) is 100 Å². The Bertz CT molecular complexity index is 1420. The van der Waals surface area contributed by atoms with E-state index in [1.54, 1.807) is 53.5 Å². The molecule has 2 aliphatic heterocycles. The molecule has 0 saturated heterocycles. The number of carbonyl (C=O) groups excluding carboxylic acids is 1. The van der Waals surface area contributed by atoms with E-state index >= 15 is 0 Å². The van der Waals surface area contributed by atoms with Gasteiger partial charge in [0, 0.05) is 52.4 Å². The highest BCUT2D eigenvalue weighted by molar-refractivity contribution is 6.30. The maximum atomic E-state index is 12.8. The quantitative estimate of drug-likeness (QED) is 0.523. The van der Waals surface area contributed by atoms with E-state index in [0.29, 0.717) is 22.7 Å². The molecule has 1 atom stereocenters. The van der Waals surface area contributed by atoms with E-state index < -0.39 is 0 Å². The summed E-state index contributed by atoms with van der Waals surface area (Å²) in [5.41, 5.74) is 5.61. The molecule has 0 bridgehead atoms. The Morgan fingerprint density at radius 2 is 2.09 bits per heavy atom. The van der Waals surface area contributed by atoms with Crippen LogP contribution >= 0.6 is 11.6 Å². The molecule has 1 aromatic heterocycles. The van der Waals surface area contributed by atoms with Crippen molar-refractivity contribution in [1.29, 1.82) is 5.26 Å². The van der Waals surface area contributed by atoms with Crippen molar-refractivity contribution >= 4 is 40.8 Å². The number of nitriles is 1. The molecule has 2 aliphatic rings. The number of nitrogens with one attached hydrogen (secondary N) is 1. The SMILES string of the molecule is N#CCC(c1cccc(C(=O)Nc2ccc(Cl)cc2)c1)n1cc(C2=C3C=CN=C3CC=N2)cn1. The highest BCUT2D eigenvalue weighted by Crippen LogP contribution is 2.30. The maximum Gasteiger partial charge on any atom is 0.255 e. The first-order valence-electron chi connectivity index (χ1n) is 10.7. The summed E-state index contributed by atoms with van der Waals surface area (Å²) < 4.78 is 1.75. The van der Waals surface area contributed by atoms with Gasteiger partial charge in [-0.2, -0.15) is 10.4 Å². The Labute approximate surface area is 201 Å². The molecule has 7 nitrogen and oxygen atoms in total. The molecule has 3 heterocycles. The molecule has 0 spiro atoms. The standard InChI is InChI=1S/C26H19ClN6O/c27-20-4-6-21(7-5-20)32-26(34)18-3-1-2-17(14-18)24(8-11-28)33-16-19(15-31-33)25-22-9-12-29-23(22)10-13-30-25/h1-7,9,12-16,24H,8,10H2,(H,32,34). The zero-order valence-electron chi connectivity index (χ0n) is 18.0. The molecule has 2 aromatic carbocycles. The molecule has 34 heavy (non-hydrogen) atoms. The van der Waals surface area contributed by atoms with E-state index in [9.17, 15) is 10.1 Å². The Morgan fingerprint density at radius 1 is 1.24 bits per heavy atom. The lowest BCUT2D eigenvalue weighted by molar-refractivity contribution is 0.102. The summed E-state index contributed by atoms with van der Waals surface area (Å²) in [6.07, 6.45) is 10.1. The number of amides is 1. The summed E-state index contributed by atoms with van der Waals surface area (Å²) in [7, 11) is 0. The van der Waals surface area contributed by atoms with Crippen LogP contribution in [-0.2, 0) is 0 Å². The summed E-state index contributed by atoms with van der Waals surface area (Å²) in [4.78, 5) is 21.8. The van der Waals surface area contributed by atoms with Crippen LogP contribution in [0.15, 0.2) is 88.8 Å². The van der Waals surface area contributed by atoms with Crippen LogP contribution in [0.1, 0.15) is 40.4 Å². The van der Waals surface area contributed by atoms with Crippen molar-refractivity contribution in [1.82, 2.24) is 9.78 Å². The third-order valence-corrected chi connectivity index (χ3v) is 5.91. The molecular formula is C26H19ClN6O. The summed E-state index contributed by atoms with van der Waals surface area (Å²) in [5, 5.41) is 17.5. The van der Waals surface area contributed by atoms with Crippen molar-refractivity contribution in [2.24, 2.45) is 9.98 Å². The number of hydrogen-bond donors (Lipinski definition) is 1. The van der Waals surface area contributed by atoms with Crippen LogP contribution in [0.2, 0.25) is 5.02 Å². The minimum Gasteiger partial charge on any atom is -0.322 e. The molecule has 0 fully saturated rings. The molecule has 0 radical (unpaired) electrons. The fraction of sp³-hybridized carbons (Fsp3) is 0.115. The van der Waals surface area contributed by atoms with Gasteiger partial charge in [-0.3, -0.25) is 19.5 Å². The first-order valence-corrected chi connectivity index (χ1v) is 11.1. The second kappa shape index (κ2) is 9.30. The molecule has 166 valence electrons. The van der Waals surface area contributed by atoms with E-state index in [0.717, 1.165) is 28.1 Å². The Kier molecular flexibility index (Phi) is 5.90. The maximum absolute atomic E-state index is 12.8. The molecule has 3 aromatic rings. The second-order valence-electron chi connectivity index (χ2n) is 7.84. The number of carbonyl (C=O) groups is 1. The summed E-state index contributed by atoms with van der Waals surface area (Å²) in [6.45, 7) is 0. The molecule has 1 amide bonds. The van der Waals surface area contributed by atoms with Gasteiger partial charge in [0.2, 0.25) is 0 Å². The number of benzene rings is 2. The van der Waals surface area contributed by atoms with E-state index in [4.69, 9.17) is 11.6 Å². The van der Waals surface area contributed by atoms with Gasteiger partial charge in [0.05, 0.1) is 36.1 Å². The fourth-order valence-corrected chi connectivity index (χ4v) is 4.10. The van der Waals surface area contributed by atoms with Crippen molar-refractivity contribution < 1.29 is 4.79 Å². The number of nitrogens with zero attached hydrogens (tertiary/aromatic N) is 5. The first-order chi connectivity index (χ1) is 16.6. The van der Waals surface area contributed by atoms with Gasteiger partial charge < -0.3 is 5.32 Å². The molecule has 1 unspecified atom stereocenters. The summed E-state index contributed by atoms with van der Waals surface area (Å²) in [6, 6.07) is 16.0. The molecule has 8 heteroatoms. The predicted octanol–water partition coefficient (Wildman–Crippen LogP) is 5.45. The molecule has 5 rings (SSSR count). The van der Waals surface area contributed by atoms with Gasteiger partial charge in [-0.05, 0) is 48.0 Å². The number of rotatable bonds is 6. The van der Waals surface area contributed by atoms with Gasteiger partial charge in [0.25, 0.3) is 5.91 Å². The third kappa shape index (κ3) is 4.32. The molecule has 1 N–H and O–H groups in total. The highest BCUT2D eigenvalue weighted by Gasteiger charge is 2.22. The Balaban J connectivity index is 1.42. The second-order valence-corrected chi connectivity index (χ2v) is 8.28. The van der Waals surface area contributed by atoms with Gasteiger partial charge in [0.15, 0.2) is 0 Å². The average molecular weight is 467 g/mol. The molecule has 0 saturated carbocycles. The third-order valence-electron chi connectivity index (χ3n) is 5.66. The average Bonchev–Trinajstić information content (AvgIpc) is 3.54. The van der Waals surface area contributed by atoms with E-state index in [1.807, 2.05) is 30.6 Å². The van der Waals surface area contributed by atoms with Crippen LogP contribution in [0.5, 0.6) is 0 Å². The van der Waals surface area contributed by atoms with Gasteiger partial charge >= 0.3 is 0 Å². The number of allylic oxidation sites excluding steroid dienone is 2. The van der Waals surface area contributed by atoms with Gasteiger partial charge in [0.1, 0.15) is 0 Å². The lowest BCUT2D eigenvalue weighted by Crippen LogP contribution is -2.15. The first kappa shape index (κ1) is 21.6. The summed E-state index contributed by atoms with van der Waals surface area (Å²) in [5.74, 6) is -0.246. The number of fused-ring (bicyclic) bond motifs is 1. The minimum absolute atomic E-state index is 0.200. The largest absolute Gasteiger partial charge is 0.322 e. The molecular weight excluding hydrogens is 448 g/mol. The van der Waals surface area contributed by atoms with Crippen molar-refractivity contribution in [3.63, 3.8) is 0 Å². The lowest BCUT2D eigenvalue weighted by atomic mass is 10.0. The van der Waals surface area contributed by atoms with E-state index in [-0.39, 0.29) is 18.4 Å². The summed E-state index contributed by atoms with van der Waals surface area (Å²) >= 11 is 5.92. The van der Waals surface area contributed by atoms with Crippen LogP contribution in [0.4, 0.5) is 5.69 Å². The minimum atomic E-state index is -0.354. The lowest BCUT2D eigenvalue weighted by Gasteiger charge is -2.16. The van der Waals surface area contributed by atoms with Crippen molar-refractivity contribution in [3.8, 4) is 6.07 Å². The van der Waals surface area contributed by atoms with E-state index in [2.05, 4.69) is 26.5 Å². The van der Waals surface area contributed by atoms with Crippen molar-refractivity contribution in [2.75, 3.05) is 5.32 Å². The van der Waals surface area contributed by atoms with Crippen LogP contribution in [0.3, 0.4) is 0 Å². The Morgan fingerprint density at radius 3 is 2.91 bits per heavy atom. The molecule has 0 aliphatic carbocycles. The zero-order chi connectivity index (χ0) is 23.5. The Hall–Kier alpha value is -4.28. The van der Waals surface area contributed by atoms with Crippen LogP contribution in [0.25, 0.3) is 5.70 Å². The number of anilines is 1. The van der Waals surface area contributed by atoms with Crippen LogP contribution in [0, 0.1) is 11.3 Å². The smallest absolute Gasteiger partial charge is 0.255 e. The topological polar surface area (TPSA) is 95.4 Å². The normalized spacial score (nSPS) is 15.0. The monoisotopic (exact) mass is 466 g/mol. The zero-order valence-corrected chi connectivity index (χ0v) is 18.8. The fourth-order valence-electron chi connectivity index (χ4n) is 3.97.